The van der Waals surface area contributed by atoms with Crippen molar-refractivity contribution in [3.05, 3.63) is 52.4 Å². The first-order valence-corrected chi connectivity index (χ1v) is 6.53. The Balaban J connectivity index is 2.25. The molecule has 0 saturated heterocycles. The number of benzene rings is 1. The van der Waals surface area contributed by atoms with Gasteiger partial charge in [-0.1, -0.05) is 6.07 Å². The molecule has 0 saturated carbocycles. The predicted molar refractivity (Wildman–Crippen MR) is 71.7 cm³/mol. The Morgan fingerprint density at radius 1 is 1.35 bits per heavy atom. The van der Waals surface area contributed by atoms with E-state index in [1.807, 2.05) is 31.2 Å². The van der Waals surface area contributed by atoms with Gasteiger partial charge >= 0.3 is 0 Å². The van der Waals surface area contributed by atoms with Crippen LogP contribution in [-0.4, -0.2) is 6.61 Å². The molecule has 0 N–H and O–H groups in total. The first-order chi connectivity index (χ1) is 8.22. The van der Waals surface area contributed by atoms with Crippen molar-refractivity contribution in [1.82, 2.24) is 0 Å². The van der Waals surface area contributed by atoms with Crippen LogP contribution >= 0.6 is 27.5 Å². The summed E-state index contributed by atoms with van der Waals surface area (Å²) in [4.78, 5) is 0. The fourth-order valence-corrected chi connectivity index (χ4v) is 2.33. The van der Waals surface area contributed by atoms with Crippen LogP contribution in [0.1, 0.15) is 23.4 Å². The Kier molecular flexibility index (Phi) is 4.13. The molecule has 0 aliphatic rings. The monoisotopic (exact) mass is 314 g/mol. The second kappa shape index (κ2) is 5.61. The molecule has 1 unspecified atom stereocenters. The van der Waals surface area contributed by atoms with Crippen molar-refractivity contribution in [3.63, 3.8) is 0 Å². The van der Waals surface area contributed by atoms with E-state index in [-0.39, 0.29) is 5.38 Å². The van der Waals surface area contributed by atoms with Crippen LogP contribution < -0.4 is 4.74 Å². The SMILES string of the molecule is CCOc1ccc(C(Cl)c2ccoc2)cc1Br. The zero-order valence-corrected chi connectivity index (χ0v) is 11.7. The lowest BCUT2D eigenvalue weighted by Gasteiger charge is -2.11. The summed E-state index contributed by atoms with van der Waals surface area (Å²) in [6.45, 7) is 2.60. The Morgan fingerprint density at radius 2 is 2.18 bits per heavy atom. The third-order valence-corrected chi connectivity index (χ3v) is 3.51. The second-order valence-corrected chi connectivity index (χ2v) is 4.83. The molecule has 1 atom stereocenters. The van der Waals surface area contributed by atoms with Gasteiger partial charge in [0, 0.05) is 5.56 Å². The fourth-order valence-electron chi connectivity index (χ4n) is 1.56. The van der Waals surface area contributed by atoms with E-state index in [1.165, 1.54) is 0 Å². The molecule has 0 radical (unpaired) electrons. The van der Waals surface area contributed by atoms with Gasteiger partial charge in [-0.15, -0.1) is 11.6 Å². The molecule has 1 aromatic heterocycles. The molecule has 0 aliphatic heterocycles. The predicted octanol–water partition coefficient (Wildman–Crippen LogP) is 4.77. The molecule has 2 nitrogen and oxygen atoms in total. The van der Waals surface area contributed by atoms with Crippen LogP contribution in [-0.2, 0) is 0 Å². The van der Waals surface area contributed by atoms with Gasteiger partial charge in [0.2, 0.25) is 0 Å². The molecule has 0 bridgehead atoms. The van der Waals surface area contributed by atoms with Crippen LogP contribution in [0.15, 0.2) is 45.7 Å². The molecule has 90 valence electrons. The highest BCUT2D eigenvalue weighted by Gasteiger charge is 2.13. The van der Waals surface area contributed by atoms with Gasteiger partial charge in [0.25, 0.3) is 0 Å². The highest BCUT2D eigenvalue weighted by atomic mass is 79.9. The maximum absolute atomic E-state index is 6.35. The Morgan fingerprint density at radius 3 is 2.76 bits per heavy atom. The summed E-state index contributed by atoms with van der Waals surface area (Å²) in [5.41, 5.74) is 1.95. The van der Waals surface area contributed by atoms with E-state index in [0.717, 1.165) is 21.3 Å². The number of hydrogen-bond donors (Lipinski definition) is 0. The average molecular weight is 316 g/mol. The average Bonchev–Trinajstić information content (AvgIpc) is 2.84. The summed E-state index contributed by atoms with van der Waals surface area (Å²) in [6.07, 6.45) is 3.27. The first kappa shape index (κ1) is 12.5. The summed E-state index contributed by atoms with van der Waals surface area (Å²) in [5, 5.41) is -0.208. The number of ether oxygens (including phenoxy) is 1. The van der Waals surface area contributed by atoms with Gasteiger partial charge in [0.15, 0.2) is 0 Å². The minimum absolute atomic E-state index is 0.208. The van der Waals surface area contributed by atoms with E-state index < -0.39 is 0 Å². The van der Waals surface area contributed by atoms with Crippen LogP contribution in [0.3, 0.4) is 0 Å². The van der Waals surface area contributed by atoms with Gasteiger partial charge in [0.1, 0.15) is 5.75 Å². The van der Waals surface area contributed by atoms with E-state index in [1.54, 1.807) is 12.5 Å². The maximum Gasteiger partial charge on any atom is 0.133 e. The van der Waals surface area contributed by atoms with Gasteiger partial charge in [0.05, 0.1) is 29.0 Å². The van der Waals surface area contributed by atoms with Crippen molar-refractivity contribution in [2.75, 3.05) is 6.61 Å². The molecule has 0 spiro atoms. The lowest BCUT2D eigenvalue weighted by atomic mass is 10.1. The molecule has 1 heterocycles. The maximum atomic E-state index is 6.35. The molecule has 0 aliphatic carbocycles. The summed E-state index contributed by atoms with van der Waals surface area (Å²) < 4.78 is 11.4. The van der Waals surface area contributed by atoms with Crippen LogP contribution in [0.25, 0.3) is 0 Å². The van der Waals surface area contributed by atoms with Crippen LogP contribution in [0.2, 0.25) is 0 Å². The normalized spacial score (nSPS) is 12.4. The fraction of sp³-hybridized carbons (Fsp3) is 0.231. The van der Waals surface area contributed by atoms with Crippen molar-refractivity contribution in [2.24, 2.45) is 0 Å². The first-order valence-electron chi connectivity index (χ1n) is 5.30. The van der Waals surface area contributed by atoms with Crippen molar-refractivity contribution in [3.8, 4) is 5.75 Å². The number of rotatable bonds is 4. The zero-order chi connectivity index (χ0) is 12.3. The smallest absolute Gasteiger partial charge is 0.133 e. The molecule has 1 aromatic carbocycles. The third-order valence-electron chi connectivity index (χ3n) is 2.38. The van der Waals surface area contributed by atoms with Gasteiger partial charge in [-0.3, -0.25) is 0 Å². The second-order valence-electron chi connectivity index (χ2n) is 3.54. The zero-order valence-electron chi connectivity index (χ0n) is 9.32. The van der Waals surface area contributed by atoms with Crippen LogP contribution in [0.5, 0.6) is 5.75 Å². The van der Waals surface area contributed by atoms with Crippen molar-refractivity contribution < 1.29 is 9.15 Å². The topological polar surface area (TPSA) is 22.4 Å². The Hall–Kier alpha value is -0.930. The summed E-state index contributed by atoms with van der Waals surface area (Å²) in [5.74, 6) is 0.826. The lowest BCUT2D eigenvalue weighted by molar-refractivity contribution is 0.338. The minimum atomic E-state index is -0.208. The van der Waals surface area contributed by atoms with Gasteiger partial charge in [-0.2, -0.15) is 0 Å². The number of hydrogen-bond acceptors (Lipinski definition) is 2. The van der Waals surface area contributed by atoms with Gasteiger partial charge in [-0.05, 0) is 46.6 Å². The van der Waals surface area contributed by atoms with Crippen molar-refractivity contribution in [1.29, 1.82) is 0 Å². The van der Waals surface area contributed by atoms with E-state index in [4.69, 9.17) is 20.8 Å². The third kappa shape index (κ3) is 2.85. The molecule has 2 aromatic rings. The highest BCUT2D eigenvalue weighted by Crippen LogP contribution is 2.34. The summed E-state index contributed by atoms with van der Waals surface area (Å²) in [6, 6.07) is 7.70. The van der Waals surface area contributed by atoms with E-state index in [0.29, 0.717) is 6.61 Å². The molecule has 4 heteroatoms. The number of furan rings is 1. The minimum Gasteiger partial charge on any atom is -0.493 e. The Labute approximate surface area is 114 Å². The molecule has 17 heavy (non-hydrogen) atoms. The molecule has 2 rings (SSSR count). The molecule has 0 amide bonds. The number of halogens is 2. The van der Waals surface area contributed by atoms with Crippen LogP contribution in [0, 0.1) is 0 Å². The lowest BCUT2D eigenvalue weighted by Crippen LogP contribution is -1.95. The quantitative estimate of drug-likeness (QED) is 0.758. The van der Waals surface area contributed by atoms with Gasteiger partial charge < -0.3 is 9.15 Å². The van der Waals surface area contributed by atoms with Gasteiger partial charge in [-0.25, -0.2) is 0 Å². The molecular formula is C13H12BrClO2. The standard InChI is InChI=1S/C13H12BrClO2/c1-2-17-12-4-3-9(7-11(12)14)13(15)10-5-6-16-8-10/h3-8,13H,2H2,1H3. The van der Waals surface area contributed by atoms with E-state index in [2.05, 4.69) is 15.9 Å². The van der Waals surface area contributed by atoms with Crippen molar-refractivity contribution in [2.45, 2.75) is 12.3 Å². The molecule has 0 fully saturated rings. The van der Waals surface area contributed by atoms with Crippen molar-refractivity contribution >= 4 is 27.5 Å². The molecular weight excluding hydrogens is 303 g/mol. The van der Waals surface area contributed by atoms with Crippen LogP contribution in [0.4, 0.5) is 0 Å². The summed E-state index contributed by atoms with van der Waals surface area (Å²) in [7, 11) is 0. The number of alkyl halides is 1. The Bertz CT molecular complexity index is 482. The van der Waals surface area contributed by atoms with E-state index in [9.17, 15) is 0 Å². The summed E-state index contributed by atoms with van der Waals surface area (Å²) >= 11 is 9.83. The highest BCUT2D eigenvalue weighted by molar-refractivity contribution is 9.10. The van der Waals surface area contributed by atoms with E-state index >= 15 is 0 Å². The largest absolute Gasteiger partial charge is 0.493 e.